The lowest BCUT2D eigenvalue weighted by molar-refractivity contribution is -0.111. The normalized spacial score (nSPS) is 15.0. The summed E-state index contributed by atoms with van der Waals surface area (Å²) in [6.45, 7) is 0. The number of fused-ring (bicyclic) bond motifs is 1. The Balaban J connectivity index is 2.25. The van der Waals surface area contributed by atoms with Crippen LogP contribution in [0.15, 0.2) is 59.4 Å². The lowest BCUT2D eigenvalue weighted by atomic mass is 9.85. The van der Waals surface area contributed by atoms with Crippen molar-refractivity contribution in [3.8, 4) is 0 Å². The van der Waals surface area contributed by atoms with E-state index in [4.69, 9.17) is 0 Å². The second-order valence-electron chi connectivity index (χ2n) is 4.74. The van der Waals surface area contributed by atoms with E-state index in [-0.39, 0.29) is 16.9 Å². The Morgan fingerprint density at radius 1 is 1.05 bits per heavy atom. The summed E-state index contributed by atoms with van der Waals surface area (Å²) >= 11 is 0. The number of Topliss-reactive ketones (excluding diaryl/α,β-unsaturated/α-hetero) is 2. The summed E-state index contributed by atoms with van der Waals surface area (Å²) < 4.78 is 0. The van der Waals surface area contributed by atoms with Crippen molar-refractivity contribution in [1.82, 2.24) is 4.98 Å². The van der Waals surface area contributed by atoms with Crippen LogP contribution in [0.5, 0.6) is 0 Å². The van der Waals surface area contributed by atoms with E-state index in [1.54, 1.807) is 24.3 Å². The first-order valence-electron chi connectivity index (χ1n) is 6.64. The topological polar surface area (TPSA) is 79.6 Å². The highest BCUT2D eigenvalue weighted by atomic mass is 16.3. The molecule has 5 nitrogen and oxygen atoms in total. The number of allylic oxidation sites excluding steroid dienone is 1. The van der Waals surface area contributed by atoms with E-state index < -0.39 is 11.6 Å². The lowest BCUT2D eigenvalue weighted by Gasteiger charge is -2.18. The molecule has 1 aromatic heterocycles. The average molecular weight is 292 g/mol. The summed E-state index contributed by atoms with van der Waals surface area (Å²) in [4.78, 5) is 32.6. The van der Waals surface area contributed by atoms with Crippen molar-refractivity contribution >= 4 is 23.0 Å². The van der Waals surface area contributed by atoms with Gasteiger partial charge >= 0.3 is 0 Å². The maximum Gasteiger partial charge on any atom is 0.239 e. The highest BCUT2D eigenvalue weighted by molar-refractivity contribution is 6.58. The molecule has 0 unspecified atom stereocenters. The van der Waals surface area contributed by atoms with Gasteiger partial charge in [0.2, 0.25) is 11.6 Å². The maximum absolute atomic E-state index is 12.4. The third-order valence-corrected chi connectivity index (χ3v) is 3.50. The first kappa shape index (κ1) is 13.9. The Morgan fingerprint density at radius 2 is 1.77 bits per heavy atom. The third kappa shape index (κ3) is 2.03. The number of pyridine rings is 1. The van der Waals surface area contributed by atoms with Crippen LogP contribution in [-0.2, 0) is 4.79 Å². The Labute approximate surface area is 126 Å². The number of aromatic nitrogens is 1. The molecule has 108 valence electrons. The van der Waals surface area contributed by atoms with Gasteiger partial charge < -0.3 is 5.11 Å². The van der Waals surface area contributed by atoms with E-state index in [9.17, 15) is 14.7 Å². The largest absolute Gasteiger partial charge is 0.506 e. The highest BCUT2D eigenvalue weighted by Gasteiger charge is 2.35. The summed E-state index contributed by atoms with van der Waals surface area (Å²) in [5.74, 6) is -1.71. The molecule has 3 rings (SSSR count). The van der Waals surface area contributed by atoms with Crippen LogP contribution >= 0.6 is 0 Å². The average Bonchev–Trinajstić information content (AvgIpc) is 2.57. The number of hydrogen-bond acceptors (Lipinski definition) is 5. The zero-order valence-electron chi connectivity index (χ0n) is 11.8. The molecule has 0 spiro atoms. The van der Waals surface area contributed by atoms with E-state index in [1.165, 1.54) is 25.5 Å². The van der Waals surface area contributed by atoms with Crippen molar-refractivity contribution in [1.29, 1.82) is 0 Å². The van der Waals surface area contributed by atoms with E-state index in [0.29, 0.717) is 16.8 Å². The number of benzene rings is 1. The first-order chi connectivity index (χ1) is 10.6. The maximum atomic E-state index is 12.4. The molecule has 0 saturated carbocycles. The standard InChI is InChI=1S/C17H12N2O3/c1-18-14(10-5-3-2-4-6-10)13-15(20)11-7-8-19-9-12(11)16(21)17(13)22/h2-9,20H,1H3. The lowest BCUT2D eigenvalue weighted by Crippen LogP contribution is -2.29. The van der Waals surface area contributed by atoms with Crippen molar-refractivity contribution < 1.29 is 14.7 Å². The fourth-order valence-corrected chi connectivity index (χ4v) is 2.46. The predicted octanol–water partition coefficient (Wildman–Crippen LogP) is 2.24. The van der Waals surface area contributed by atoms with Crippen LogP contribution in [-0.4, -0.2) is 34.4 Å². The number of rotatable bonds is 2. The van der Waals surface area contributed by atoms with Crippen LogP contribution < -0.4 is 0 Å². The zero-order valence-corrected chi connectivity index (χ0v) is 11.8. The molecule has 0 radical (unpaired) electrons. The van der Waals surface area contributed by atoms with Crippen molar-refractivity contribution in [2.24, 2.45) is 4.99 Å². The molecule has 2 aromatic rings. The van der Waals surface area contributed by atoms with Gasteiger partial charge in [0, 0.05) is 30.6 Å². The van der Waals surface area contributed by atoms with Crippen molar-refractivity contribution in [3.05, 3.63) is 71.1 Å². The van der Waals surface area contributed by atoms with Gasteiger partial charge in [-0.25, -0.2) is 0 Å². The van der Waals surface area contributed by atoms with Gasteiger partial charge in [-0.2, -0.15) is 0 Å². The fraction of sp³-hybridized carbons (Fsp3) is 0.0588. The first-order valence-corrected chi connectivity index (χ1v) is 6.64. The second kappa shape index (κ2) is 5.37. The molecular formula is C17H12N2O3. The van der Waals surface area contributed by atoms with E-state index in [0.717, 1.165) is 0 Å². The van der Waals surface area contributed by atoms with Crippen molar-refractivity contribution in [3.63, 3.8) is 0 Å². The Kier molecular flexibility index (Phi) is 3.39. The predicted molar refractivity (Wildman–Crippen MR) is 82.0 cm³/mol. The zero-order chi connectivity index (χ0) is 15.7. The van der Waals surface area contributed by atoms with Gasteiger partial charge in [-0.05, 0) is 6.07 Å². The molecule has 1 N–H and O–H groups in total. The van der Waals surface area contributed by atoms with Gasteiger partial charge in [-0.15, -0.1) is 0 Å². The number of aliphatic hydroxyl groups excluding tert-OH is 1. The molecule has 0 saturated heterocycles. The number of carbonyl (C=O) groups is 2. The summed E-state index contributed by atoms with van der Waals surface area (Å²) in [7, 11) is 1.52. The minimum absolute atomic E-state index is 0.0719. The summed E-state index contributed by atoms with van der Waals surface area (Å²) in [6, 6.07) is 10.5. The molecule has 0 aliphatic heterocycles. The molecule has 22 heavy (non-hydrogen) atoms. The Hall–Kier alpha value is -3.08. The van der Waals surface area contributed by atoms with Crippen molar-refractivity contribution in [2.75, 3.05) is 7.05 Å². The quantitative estimate of drug-likeness (QED) is 0.680. The van der Waals surface area contributed by atoms with E-state index >= 15 is 0 Å². The Bertz CT molecular complexity index is 836. The summed E-state index contributed by atoms with van der Waals surface area (Å²) in [6.07, 6.45) is 2.74. The minimum Gasteiger partial charge on any atom is -0.506 e. The third-order valence-electron chi connectivity index (χ3n) is 3.50. The van der Waals surface area contributed by atoms with Crippen LogP contribution in [0.4, 0.5) is 0 Å². The molecule has 0 bridgehead atoms. The molecule has 1 aliphatic carbocycles. The minimum atomic E-state index is -0.776. The molecule has 0 amide bonds. The molecule has 0 atom stereocenters. The SMILES string of the molecule is CN=C(C1=C(O)c2ccncc2C(=O)C1=O)c1ccccc1. The van der Waals surface area contributed by atoms with Gasteiger partial charge in [-0.1, -0.05) is 30.3 Å². The smallest absolute Gasteiger partial charge is 0.239 e. The number of aliphatic imine (C=N–C) groups is 1. The van der Waals surface area contributed by atoms with Gasteiger partial charge in [0.1, 0.15) is 5.76 Å². The van der Waals surface area contributed by atoms with Gasteiger partial charge in [0.25, 0.3) is 0 Å². The van der Waals surface area contributed by atoms with Gasteiger partial charge in [0.15, 0.2) is 0 Å². The number of hydrogen-bond donors (Lipinski definition) is 1. The van der Waals surface area contributed by atoms with Crippen LogP contribution in [0.1, 0.15) is 21.5 Å². The molecule has 1 aliphatic rings. The molecule has 5 heteroatoms. The van der Waals surface area contributed by atoms with Crippen LogP contribution in [0.2, 0.25) is 0 Å². The highest BCUT2D eigenvalue weighted by Crippen LogP contribution is 2.29. The summed E-state index contributed by atoms with van der Waals surface area (Å²) in [5, 5.41) is 10.5. The van der Waals surface area contributed by atoms with Crippen molar-refractivity contribution in [2.45, 2.75) is 0 Å². The number of nitrogens with zero attached hydrogens (tertiary/aromatic N) is 2. The molecular weight excluding hydrogens is 280 g/mol. The summed E-state index contributed by atoms with van der Waals surface area (Å²) in [5.41, 5.74) is 1.28. The fourth-order valence-electron chi connectivity index (χ4n) is 2.46. The second-order valence-corrected chi connectivity index (χ2v) is 4.74. The Morgan fingerprint density at radius 3 is 2.45 bits per heavy atom. The number of ketones is 2. The van der Waals surface area contributed by atoms with Gasteiger partial charge in [-0.3, -0.25) is 19.6 Å². The number of aliphatic hydroxyl groups is 1. The molecule has 0 fully saturated rings. The van der Waals surface area contributed by atoms with E-state index in [2.05, 4.69) is 9.98 Å². The molecule has 1 heterocycles. The van der Waals surface area contributed by atoms with Crippen LogP contribution in [0, 0.1) is 0 Å². The molecule has 1 aromatic carbocycles. The van der Waals surface area contributed by atoms with E-state index in [1.807, 2.05) is 6.07 Å². The number of carbonyl (C=O) groups excluding carboxylic acids is 2. The van der Waals surface area contributed by atoms with Gasteiger partial charge in [0.05, 0.1) is 16.8 Å². The monoisotopic (exact) mass is 292 g/mol. The van der Waals surface area contributed by atoms with Crippen LogP contribution in [0.25, 0.3) is 5.76 Å². The van der Waals surface area contributed by atoms with Crippen LogP contribution in [0.3, 0.4) is 0 Å².